The van der Waals surface area contributed by atoms with Crippen LogP contribution in [0.25, 0.3) is 60.9 Å². The number of hydrogen-bond donors (Lipinski definition) is 0. The molecule has 0 N–H and O–H groups in total. The summed E-state index contributed by atoms with van der Waals surface area (Å²) in [6.45, 7) is 0. The van der Waals surface area contributed by atoms with Gasteiger partial charge in [-0.2, -0.15) is 15.8 Å². The second-order valence-corrected chi connectivity index (χ2v) is 10.1. The molecule has 2 aromatic heterocycles. The minimum atomic E-state index is 0.556. The molecule has 2 heterocycles. The Balaban J connectivity index is 1.68. The van der Waals surface area contributed by atoms with Gasteiger partial charge < -0.3 is 4.57 Å². The van der Waals surface area contributed by atoms with Crippen molar-refractivity contribution < 1.29 is 0 Å². The lowest BCUT2D eigenvalue weighted by atomic mass is 9.96. The zero-order chi connectivity index (χ0) is 29.3. The second kappa shape index (κ2) is 10.5. The van der Waals surface area contributed by atoms with E-state index in [-0.39, 0.29) is 0 Å². The molecule has 0 aliphatic heterocycles. The van der Waals surface area contributed by atoms with Crippen LogP contribution in [0.4, 0.5) is 0 Å². The maximum absolute atomic E-state index is 10.0. The van der Waals surface area contributed by atoms with Crippen LogP contribution in [0.3, 0.4) is 0 Å². The van der Waals surface area contributed by atoms with Crippen LogP contribution in [0.1, 0.15) is 16.7 Å². The van der Waals surface area contributed by atoms with Crippen LogP contribution in [0.15, 0.2) is 128 Å². The number of pyridine rings is 1. The molecule has 0 amide bonds. The topological polar surface area (TPSA) is 89.2 Å². The largest absolute Gasteiger partial charge is 0.308 e. The van der Waals surface area contributed by atoms with Crippen LogP contribution < -0.4 is 0 Å². The molecule has 0 aliphatic carbocycles. The molecular formula is C38H21N5. The summed E-state index contributed by atoms with van der Waals surface area (Å²) < 4.78 is 2.21. The SMILES string of the molecule is N#Cc1ccc(-n2c3c(-c4ccccc4C#N)cccc3c3cccc(-c4ccccc4C#N)c32)cc1-c1ccncc1. The molecular weight excluding hydrogens is 526 g/mol. The third kappa shape index (κ3) is 4.11. The smallest absolute Gasteiger partial charge is 0.0998 e. The summed E-state index contributed by atoms with van der Waals surface area (Å²) in [5, 5.41) is 32.1. The van der Waals surface area contributed by atoms with Crippen molar-refractivity contribution in [1.82, 2.24) is 9.55 Å². The van der Waals surface area contributed by atoms with Gasteiger partial charge in [0.2, 0.25) is 0 Å². The lowest BCUT2D eigenvalue weighted by Crippen LogP contribution is -1.99. The van der Waals surface area contributed by atoms with Gasteiger partial charge in [0.15, 0.2) is 0 Å². The predicted octanol–water partition coefficient (Wildman–Crippen LogP) is 8.79. The second-order valence-electron chi connectivity index (χ2n) is 10.1. The number of benzene rings is 5. The Hall–Kier alpha value is -6.48. The van der Waals surface area contributed by atoms with Crippen LogP contribution in [-0.4, -0.2) is 9.55 Å². The van der Waals surface area contributed by atoms with Crippen molar-refractivity contribution in [3.8, 4) is 57.3 Å². The molecule has 5 nitrogen and oxygen atoms in total. The summed E-state index contributed by atoms with van der Waals surface area (Å²) in [5.74, 6) is 0. The monoisotopic (exact) mass is 547 g/mol. The zero-order valence-corrected chi connectivity index (χ0v) is 22.9. The van der Waals surface area contributed by atoms with Gasteiger partial charge in [0.25, 0.3) is 0 Å². The average Bonchev–Trinajstić information content (AvgIpc) is 3.43. The van der Waals surface area contributed by atoms with E-state index in [1.165, 1.54) is 0 Å². The maximum atomic E-state index is 10.0. The number of fused-ring (bicyclic) bond motifs is 3. The van der Waals surface area contributed by atoms with Crippen LogP contribution in [0.2, 0.25) is 0 Å². The molecule has 0 bridgehead atoms. The van der Waals surface area contributed by atoms with Crippen molar-refractivity contribution in [2.75, 3.05) is 0 Å². The Morgan fingerprint density at radius 3 is 1.49 bits per heavy atom. The van der Waals surface area contributed by atoms with Crippen molar-refractivity contribution in [2.45, 2.75) is 0 Å². The summed E-state index contributed by atoms with van der Waals surface area (Å²) in [7, 11) is 0. The fraction of sp³-hybridized carbons (Fsp3) is 0. The third-order valence-corrected chi connectivity index (χ3v) is 7.86. The van der Waals surface area contributed by atoms with E-state index in [2.05, 4.69) is 39.9 Å². The van der Waals surface area contributed by atoms with Crippen LogP contribution in [0.5, 0.6) is 0 Å². The third-order valence-electron chi connectivity index (χ3n) is 7.86. The van der Waals surface area contributed by atoms with E-state index >= 15 is 0 Å². The van der Waals surface area contributed by atoms with Gasteiger partial charge in [-0.15, -0.1) is 0 Å². The van der Waals surface area contributed by atoms with Crippen molar-refractivity contribution in [1.29, 1.82) is 15.8 Å². The highest BCUT2D eigenvalue weighted by atomic mass is 15.0. The normalized spacial score (nSPS) is 10.7. The minimum Gasteiger partial charge on any atom is -0.308 e. The molecule has 43 heavy (non-hydrogen) atoms. The highest BCUT2D eigenvalue weighted by Crippen LogP contribution is 2.43. The number of nitrogens with zero attached hydrogens (tertiary/aromatic N) is 5. The minimum absolute atomic E-state index is 0.556. The molecule has 0 saturated heterocycles. The highest BCUT2D eigenvalue weighted by molar-refractivity contribution is 6.17. The molecule has 5 heteroatoms. The Morgan fingerprint density at radius 2 is 0.953 bits per heavy atom. The number of para-hydroxylation sites is 2. The van der Waals surface area contributed by atoms with E-state index in [1.807, 2.05) is 103 Å². The molecule has 5 aromatic carbocycles. The molecule has 0 spiro atoms. The lowest BCUT2D eigenvalue weighted by Gasteiger charge is -2.16. The van der Waals surface area contributed by atoms with Crippen LogP contribution >= 0.6 is 0 Å². The van der Waals surface area contributed by atoms with Gasteiger partial charge in [0.1, 0.15) is 0 Å². The molecule has 0 radical (unpaired) electrons. The average molecular weight is 548 g/mol. The maximum Gasteiger partial charge on any atom is 0.0998 e. The lowest BCUT2D eigenvalue weighted by molar-refractivity contribution is 1.18. The van der Waals surface area contributed by atoms with Gasteiger partial charge >= 0.3 is 0 Å². The first-order chi connectivity index (χ1) is 21.2. The van der Waals surface area contributed by atoms with Crippen molar-refractivity contribution in [3.05, 3.63) is 144 Å². The van der Waals surface area contributed by atoms with E-state index in [9.17, 15) is 15.8 Å². The number of rotatable bonds is 4. The Kier molecular flexibility index (Phi) is 6.22. The molecule has 0 atom stereocenters. The summed E-state index contributed by atoms with van der Waals surface area (Å²) >= 11 is 0. The predicted molar refractivity (Wildman–Crippen MR) is 169 cm³/mol. The summed E-state index contributed by atoms with van der Waals surface area (Å²) in [6.07, 6.45) is 3.44. The summed E-state index contributed by atoms with van der Waals surface area (Å²) in [6, 6.07) is 44.3. The number of hydrogen-bond acceptors (Lipinski definition) is 4. The fourth-order valence-electron chi connectivity index (χ4n) is 5.98. The van der Waals surface area contributed by atoms with Gasteiger partial charge in [-0.05, 0) is 48.0 Å². The standard InChI is InChI=1S/C38H21N5/c39-22-26-7-1-3-9-30(26)32-11-5-13-34-35-14-6-12-33(31-10-4-2-8-27(31)23-40)38(35)43(37(32)34)29-16-15-28(24-41)36(21-29)25-17-19-42-20-18-25/h1-21H. The first-order valence-electron chi connectivity index (χ1n) is 13.7. The first kappa shape index (κ1) is 25.5. The van der Waals surface area contributed by atoms with Crippen molar-refractivity contribution in [3.63, 3.8) is 0 Å². The molecule has 7 aromatic rings. The van der Waals surface area contributed by atoms with E-state index < -0.39 is 0 Å². The molecule has 0 unspecified atom stereocenters. The highest BCUT2D eigenvalue weighted by Gasteiger charge is 2.22. The Bertz CT molecular complexity index is 2210. The quantitative estimate of drug-likeness (QED) is 0.220. The van der Waals surface area contributed by atoms with Gasteiger partial charge in [0, 0.05) is 56.7 Å². The van der Waals surface area contributed by atoms with E-state index in [1.54, 1.807) is 12.4 Å². The van der Waals surface area contributed by atoms with Gasteiger partial charge in [-0.1, -0.05) is 72.8 Å². The zero-order valence-electron chi connectivity index (χ0n) is 22.9. The molecule has 7 rings (SSSR count). The molecule has 0 aliphatic rings. The number of aromatic nitrogens is 2. The van der Waals surface area contributed by atoms with E-state index in [0.717, 1.165) is 60.9 Å². The summed E-state index contributed by atoms with van der Waals surface area (Å²) in [5.41, 5.74) is 9.64. The van der Waals surface area contributed by atoms with Gasteiger partial charge in [0.05, 0.1) is 45.9 Å². The van der Waals surface area contributed by atoms with E-state index in [0.29, 0.717) is 16.7 Å². The fourth-order valence-corrected chi connectivity index (χ4v) is 5.98. The van der Waals surface area contributed by atoms with Crippen LogP contribution in [-0.2, 0) is 0 Å². The molecule has 0 fully saturated rings. The summed E-state index contributed by atoms with van der Waals surface area (Å²) in [4.78, 5) is 4.16. The Morgan fingerprint density at radius 1 is 0.465 bits per heavy atom. The van der Waals surface area contributed by atoms with Crippen molar-refractivity contribution >= 4 is 21.8 Å². The molecule has 0 saturated carbocycles. The first-order valence-corrected chi connectivity index (χ1v) is 13.7. The Labute approximate surface area is 248 Å². The van der Waals surface area contributed by atoms with E-state index in [4.69, 9.17) is 0 Å². The van der Waals surface area contributed by atoms with Gasteiger partial charge in [-0.3, -0.25) is 4.98 Å². The van der Waals surface area contributed by atoms with Crippen molar-refractivity contribution in [2.24, 2.45) is 0 Å². The molecule has 198 valence electrons. The van der Waals surface area contributed by atoms with Crippen LogP contribution in [0, 0.1) is 34.0 Å². The number of nitriles is 3. The van der Waals surface area contributed by atoms with Gasteiger partial charge in [-0.25, -0.2) is 0 Å².